The number of guanidine groups is 1. The monoisotopic (exact) mass is 448 g/mol. The maximum absolute atomic E-state index is 5.95. The first-order valence-corrected chi connectivity index (χ1v) is 12.1. The van der Waals surface area contributed by atoms with Crippen molar-refractivity contribution in [3.8, 4) is 5.75 Å². The molecule has 2 N–H and O–H groups in total. The van der Waals surface area contributed by atoms with Gasteiger partial charge in [-0.2, -0.15) is 11.8 Å². The molecule has 0 amide bonds. The Morgan fingerprint density at radius 1 is 1.19 bits per heavy atom. The fraction of sp³-hybridized carbons (Fsp3) is 0.591. The first-order chi connectivity index (χ1) is 15.0. The second kappa shape index (κ2) is 13.9. The maximum atomic E-state index is 5.95. The number of hydrogen-bond acceptors (Lipinski definition) is 6. The van der Waals surface area contributed by atoms with E-state index in [0.29, 0.717) is 32.9 Å². The Labute approximate surface area is 190 Å². The van der Waals surface area contributed by atoms with Crippen LogP contribution in [0.25, 0.3) is 0 Å². The molecule has 9 heteroatoms. The highest BCUT2D eigenvalue weighted by atomic mass is 32.2. The quantitative estimate of drug-likeness (QED) is 0.277. The molecule has 1 heterocycles. The van der Waals surface area contributed by atoms with Gasteiger partial charge in [-0.1, -0.05) is 12.1 Å². The summed E-state index contributed by atoms with van der Waals surface area (Å²) in [5, 5.41) is 15.1. The molecule has 0 atom stereocenters. The summed E-state index contributed by atoms with van der Waals surface area (Å²) in [5.41, 5.74) is 2.20. The molecule has 172 valence electrons. The third kappa shape index (κ3) is 8.78. The lowest BCUT2D eigenvalue weighted by molar-refractivity contribution is 0.110. The molecule has 2 rings (SSSR count). The number of aryl methyl sites for hydroxylation is 2. The first-order valence-electron chi connectivity index (χ1n) is 10.7. The van der Waals surface area contributed by atoms with E-state index in [-0.39, 0.29) is 0 Å². The van der Waals surface area contributed by atoms with E-state index in [1.807, 2.05) is 37.2 Å². The van der Waals surface area contributed by atoms with Crippen LogP contribution in [0.3, 0.4) is 0 Å². The van der Waals surface area contributed by atoms with Crippen molar-refractivity contribution in [1.82, 2.24) is 25.4 Å². The van der Waals surface area contributed by atoms with E-state index in [1.54, 1.807) is 0 Å². The van der Waals surface area contributed by atoms with Crippen molar-refractivity contribution in [3.05, 3.63) is 41.0 Å². The number of hydrogen-bond donors (Lipinski definition) is 2. The van der Waals surface area contributed by atoms with Gasteiger partial charge in [0.15, 0.2) is 11.8 Å². The number of rotatable bonds is 13. The Morgan fingerprint density at radius 3 is 2.74 bits per heavy atom. The molecule has 0 aliphatic rings. The molecular weight excluding hydrogens is 412 g/mol. The van der Waals surface area contributed by atoms with Gasteiger partial charge >= 0.3 is 0 Å². The second-order valence-corrected chi connectivity index (χ2v) is 8.16. The van der Waals surface area contributed by atoms with Gasteiger partial charge in [0.1, 0.15) is 18.2 Å². The molecular formula is C22H36N6O2S. The Bertz CT molecular complexity index is 824. The van der Waals surface area contributed by atoms with E-state index in [4.69, 9.17) is 14.5 Å². The second-order valence-electron chi connectivity index (χ2n) is 7.17. The van der Waals surface area contributed by atoms with Crippen LogP contribution in [0, 0.1) is 13.8 Å². The van der Waals surface area contributed by atoms with Gasteiger partial charge in [-0.15, -0.1) is 10.2 Å². The van der Waals surface area contributed by atoms with Gasteiger partial charge in [0.25, 0.3) is 0 Å². The predicted molar refractivity (Wildman–Crippen MR) is 128 cm³/mol. The van der Waals surface area contributed by atoms with Crippen LogP contribution in [0.5, 0.6) is 5.75 Å². The summed E-state index contributed by atoms with van der Waals surface area (Å²) in [5.74, 6) is 4.47. The van der Waals surface area contributed by atoms with Gasteiger partial charge in [-0.3, -0.25) is 0 Å². The SMILES string of the molecule is CCOCCOc1cc(C)ccc1CN=C(NCCCSC)NCc1nnc(C)n1C. The van der Waals surface area contributed by atoms with Gasteiger partial charge in [0.2, 0.25) is 0 Å². The highest BCUT2D eigenvalue weighted by molar-refractivity contribution is 7.98. The molecule has 0 saturated carbocycles. The Hall–Kier alpha value is -2.26. The third-order valence-corrected chi connectivity index (χ3v) is 5.43. The molecule has 0 aliphatic carbocycles. The lowest BCUT2D eigenvalue weighted by Crippen LogP contribution is -2.38. The van der Waals surface area contributed by atoms with E-state index in [1.165, 1.54) is 0 Å². The molecule has 31 heavy (non-hydrogen) atoms. The van der Waals surface area contributed by atoms with E-state index >= 15 is 0 Å². The molecule has 0 saturated heterocycles. The highest BCUT2D eigenvalue weighted by Gasteiger charge is 2.08. The molecule has 8 nitrogen and oxygen atoms in total. The predicted octanol–water partition coefficient (Wildman–Crippen LogP) is 2.84. The summed E-state index contributed by atoms with van der Waals surface area (Å²) < 4.78 is 13.3. The minimum absolute atomic E-state index is 0.514. The molecule has 1 aromatic heterocycles. The van der Waals surface area contributed by atoms with Gasteiger partial charge in [-0.25, -0.2) is 4.99 Å². The molecule has 0 spiro atoms. The van der Waals surface area contributed by atoms with Gasteiger partial charge < -0.3 is 24.7 Å². The van der Waals surface area contributed by atoms with Crippen LogP contribution in [-0.4, -0.2) is 59.1 Å². The van der Waals surface area contributed by atoms with Crippen LogP contribution in [0.1, 0.15) is 36.1 Å². The lowest BCUT2D eigenvalue weighted by Gasteiger charge is -2.14. The van der Waals surface area contributed by atoms with E-state index < -0.39 is 0 Å². The number of nitrogens with one attached hydrogen (secondary N) is 2. The fourth-order valence-electron chi connectivity index (χ4n) is 2.81. The Morgan fingerprint density at radius 2 is 2.03 bits per heavy atom. The van der Waals surface area contributed by atoms with Gasteiger partial charge in [-0.05, 0) is 50.8 Å². The van der Waals surface area contributed by atoms with E-state index in [2.05, 4.69) is 52.2 Å². The highest BCUT2D eigenvalue weighted by Crippen LogP contribution is 2.21. The maximum Gasteiger partial charge on any atom is 0.191 e. The number of aliphatic imine (C=N–C) groups is 1. The molecule has 0 fully saturated rings. The third-order valence-electron chi connectivity index (χ3n) is 4.73. The molecule has 0 radical (unpaired) electrons. The number of aromatic nitrogens is 3. The van der Waals surface area contributed by atoms with Crippen molar-refractivity contribution < 1.29 is 9.47 Å². The van der Waals surface area contributed by atoms with E-state index in [0.717, 1.165) is 53.2 Å². The Balaban J connectivity index is 2.06. The molecule has 2 aromatic rings. The number of ether oxygens (including phenoxy) is 2. The first kappa shape index (κ1) is 25.0. The zero-order valence-electron chi connectivity index (χ0n) is 19.4. The topological polar surface area (TPSA) is 85.6 Å². The van der Waals surface area contributed by atoms with Crippen molar-refractivity contribution in [2.45, 2.75) is 40.3 Å². The average molecular weight is 449 g/mol. The molecule has 0 unspecified atom stereocenters. The number of benzene rings is 1. The number of thioether (sulfide) groups is 1. The number of nitrogens with zero attached hydrogens (tertiary/aromatic N) is 4. The summed E-state index contributed by atoms with van der Waals surface area (Å²) in [6.07, 6.45) is 3.19. The van der Waals surface area contributed by atoms with Crippen molar-refractivity contribution in [1.29, 1.82) is 0 Å². The minimum Gasteiger partial charge on any atom is -0.491 e. The molecule has 0 aliphatic heterocycles. The van der Waals surface area contributed by atoms with Gasteiger partial charge in [0.05, 0.1) is 19.7 Å². The molecule has 0 bridgehead atoms. The van der Waals surface area contributed by atoms with Crippen LogP contribution >= 0.6 is 11.8 Å². The minimum atomic E-state index is 0.514. The van der Waals surface area contributed by atoms with Crippen LogP contribution in [0.15, 0.2) is 23.2 Å². The summed E-state index contributed by atoms with van der Waals surface area (Å²) in [6, 6.07) is 6.21. The van der Waals surface area contributed by atoms with Crippen LogP contribution in [0.2, 0.25) is 0 Å². The summed E-state index contributed by atoms with van der Waals surface area (Å²) in [7, 11) is 1.97. The summed E-state index contributed by atoms with van der Waals surface area (Å²) >= 11 is 1.84. The fourth-order valence-corrected chi connectivity index (χ4v) is 3.24. The van der Waals surface area contributed by atoms with E-state index in [9.17, 15) is 0 Å². The zero-order valence-corrected chi connectivity index (χ0v) is 20.2. The van der Waals surface area contributed by atoms with Crippen LogP contribution in [-0.2, 0) is 24.9 Å². The summed E-state index contributed by atoms with van der Waals surface area (Å²) in [4.78, 5) is 4.80. The van der Waals surface area contributed by atoms with Gasteiger partial charge in [0, 0.05) is 25.8 Å². The standard InChI is InChI=1S/C22H36N6O2S/c1-6-29-11-12-30-20-14-17(2)8-9-19(20)15-24-22(23-10-7-13-31-5)25-16-21-27-26-18(3)28(21)4/h8-9,14H,6-7,10-13,15-16H2,1-5H3,(H2,23,24,25). The smallest absolute Gasteiger partial charge is 0.191 e. The van der Waals surface area contributed by atoms with Crippen LogP contribution < -0.4 is 15.4 Å². The van der Waals surface area contributed by atoms with Crippen molar-refractivity contribution in [2.24, 2.45) is 12.0 Å². The average Bonchev–Trinajstić information content (AvgIpc) is 3.08. The lowest BCUT2D eigenvalue weighted by atomic mass is 10.1. The van der Waals surface area contributed by atoms with Crippen molar-refractivity contribution in [3.63, 3.8) is 0 Å². The van der Waals surface area contributed by atoms with Crippen molar-refractivity contribution in [2.75, 3.05) is 38.4 Å². The summed E-state index contributed by atoms with van der Waals surface area (Å²) in [6.45, 7) is 9.70. The molecule has 1 aromatic carbocycles. The largest absolute Gasteiger partial charge is 0.491 e. The normalized spacial score (nSPS) is 11.6. The van der Waals surface area contributed by atoms with Crippen LogP contribution in [0.4, 0.5) is 0 Å². The zero-order chi connectivity index (χ0) is 22.5. The Kier molecular flexibility index (Phi) is 11.2. The van der Waals surface area contributed by atoms with Crippen molar-refractivity contribution >= 4 is 17.7 Å².